The van der Waals surface area contributed by atoms with Gasteiger partial charge in [0.2, 0.25) is 0 Å². The van der Waals surface area contributed by atoms with Gasteiger partial charge in [-0.15, -0.1) is 11.3 Å². The van der Waals surface area contributed by atoms with Crippen molar-refractivity contribution in [3.8, 4) is 10.6 Å². The van der Waals surface area contributed by atoms with E-state index in [1.807, 2.05) is 16.8 Å². The van der Waals surface area contributed by atoms with Crippen LogP contribution in [-0.4, -0.2) is 38.7 Å². The Kier molecular flexibility index (Phi) is 3.79. The number of hydrogen-bond donors (Lipinski definition) is 0. The zero-order chi connectivity index (χ0) is 15.9. The predicted octanol–water partition coefficient (Wildman–Crippen LogP) is 2.57. The van der Waals surface area contributed by atoms with E-state index in [4.69, 9.17) is 0 Å². The Hall–Kier alpha value is -2.06. The first kappa shape index (κ1) is 14.9. The monoisotopic (exact) mass is 335 g/mol. The summed E-state index contributed by atoms with van der Waals surface area (Å²) in [6.07, 6.45) is 0. The number of imide groups is 2. The molecule has 0 saturated carbocycles. The van der Waals surface area contributed by atoms with Crippen LogP contribution < -0.4 is 0 Å². The van der Waals surface area contributed by atoms with Crippen LogP contribution in [0.2, 0.25) is 0 Å². The van der Waals surface area contributed by atoms with Crippen LogP contribution in [0.5, 0.6) is 0 Å². The number of nitrogens with zero attached hydrogens (tertiary/aromatic N) is 3. The molecule has 4 amide bonds. The van der Waals surface area contributed by atoms with Crippen molar-refractivity contribution in [2.45, 2.75) is 26.4 Å². The summed E-state index contributed by atoms with van der Waals surface area (Å²) in [4.78, 5) is 42.4. The number of thiazole rings is 1. The molecule has 0 atom stereocenters. The highest BCUT2D eigenvalue weighted by atomic mass is 32.1. The van der Waals surface area contributed by atoms with Gasteiger partial charge in [-0.05, 0) is 25.3 Å². The normalized spacial score (nSPS) is 15.5. The maximum absolute atomic E-state index is 12.2. The first-order valence-corrected chi connectivity index (χ1v) is 8.47. The van der Waals surface area contributed by atoms with Gasteiger partial charge in [0.1, 0.15) is 5.01 Å². The Labute approximate surface area is 135 Å². The average Bonchev–Trinajstić information content (AvgIpc) is 3.17. The second-order valence-electron chi connectivity index (χ2n) is 5.10. The van der Waals surface area contributed by atoms with E-state index in [9.17, 15) is 14.4 Å². The highest BCUT2D eigenvalue weighted by molar-refractivity contribution is 7.14. The van der Waals surface area contributed by atoms with Crippen molar-refractivity contribution in [3.63, 3.8) is 0 Å². The molecular weight excluding hydrogens is 322 g/mol. The van der Waals surface area contributed by atoms with Gasteiger partial charge in [-0.2, -0.15) is 11.3 Å². The van der Waals surface area contributed by atoms with E-state index in [0.29, 0.717) is 5.69 Å². The lowest BCUT2D eigenvalue weighted by molar-refractivity contribution is -0.144. The molecule has 0 aliphatic carbocycles. The van der Waals surface area contributed by atoms with Crippen molar-refractivity contribution >= 4 is 40.5 Å². The van der Waals surface area contributed by atoms with E-state index < -0.39 is 17.8 Å². The van der Waals surface area contributed by atoms with E-state index in [2.05, 4.69) is 4.98 Å². The molecule has 2 aromatic heterocycles. The van der Waals surface area contributed by atoms with Gasteiger partial charge in [0.25, 0.3) is 0 Å². The summed E-state index contributed by atoms with van der Waals surface area (Å²) in [5.41, 5.74) is 1.62. The Balaban J connectivity index is 1.80. The van der Waals surface area contributed by atoms with E-state index in [1.54, 1.807) is 30.6 Å². The fourth-order valence-corrected chi connectivity index (χ4v) is 3.70. The molecule has 1 saturated heterocycles. The van der Waals surface area contributed by atoms with Gasteiger partial charge >= 0.3 is 17.8 Å². The largest absolute Gasteiger partial charge is 0.334 e. The minimum atomic E-state index is -0.788. The number of aromatic nitrogens is 1. The third-order valence-corrected chi connectivity index (χ3v) is 4.86. The molecule has 0 spiro atoms. The quantitative estimate of drug-likeness (QED) is 0.636. The maximum atomic E-state index is 12.2. The molecule has 1 aliphatic rings. The van der Waals surface area contributed by atoms with Crippen LogP contribution >= 0.6 is 22.7 Å². The number of rotatable bonds is 4. The van der Waals surface area contributed by atoms with Gasteiger partial charge in [0.05, 0.1) is 12.2 Å². The van der Waals surface area contributed by atoms with Gasteiger partial charge in [-0.3, -0.25) is 14.5 Å². The minimum absolute atomic E-state index is 0.0211. The summed E-state index contributed by atoms with van der Waals surface area (Å²) >= 11 is 3.03. The molecule has 6 nitrogen and oxygen atoms in total. The van der Waals surface area contributed by atoms with E-state index in [-0.39, 0.29) is 12.6 Å². The van der Waals surface area contributed by atoms with Crippen LogP contribution in [0.4, 0.5) is 4.79 Å². The molecule has 114 valence electrons. The SMILES string of the molecule is CC(C)N1C(=O)C(=O)N(Cc2csc(-c3ccsc3)n2)C1=O. The van der Waals surface area contributed by atoms with Crippen LogP contribution in [0, 0.1) is 0 Å². The van der Waals surface area contributed by atoms with E-state index >= 15 is 0 Å². The van der Waals surface area contributed by atoms with Crippen molar-refractivity contribution in [2.75, 3.05) is 0 Å². The van der Waals surface area contributed by atoms with Crippen LogP contribution in [0.25, 0.3) is 10.6 Å². The summed E-state index contributed by atoms with van der Waals surface area (Å²) in [6, 6.07) is 1.05. The molecule has 0 N–H and O–H groups in total. The van der Waals surface area contributed by atoms with Crippen molar-refractivity contribution in [1.82, 2.24) is 14.8 Å². The zero-order valence-corrected chi connectivity index (χ0v) is 13.6. The molecule has 8 heteroatoms. The summed E-state index contributed by atoms with van der Waals surface area (Å²) in [7, 11) is 0. The zero-order valence-electron chi connectivity index (χ0n) is 12.0. The number of amides is 4. The number of urea groups is 1. The number of carbonyl (C=O) groups excluding carboxylic acids is 3. The highest BCUT2D eigenvalue weighted by Crippen LogP contribution is 2.27. The third-order valence-electron chi connectivity index (χ3n) is 3.24. The van der Waals surface area contributed by atoms with E-state index in [1.165, 1.54) is 11.3 Å². The van der Waals surface area contributed by atoms with Crippen molar-refractivity contribution in [2.24, 2.45) is 0 Å². The Bertz CT molecular complexity index is 736. The van der Waals surface area contributed by atoms with Crippen LogP contribution in [0.15, 0.2) is 22.2 Å². The Morgan fingerprint density at radius 2 is 1.95 bits per heavy atom. The first-order chi connectivity index (χ1) is 10.5. The Morgan fingerprint density at radius 3 is 2.55 bits per heavy atom. The lowest BCUT2D eigenvalue weighted by atomic mass is 10.3. The number of thiophene rings is 1. The lowest BCUT2D eigenvalue weighted by Crippen LogP contribution is -2.37. The molecule has 22 heavy (non-hydrogen) atoms. The molecular formula is C14H13N3O3S2. The smallest absolute Gasteiger partial charge is 0.263 e. The molecule has 2 aromatic rings. The number of hydrogen-bond acceptors (Lipinski definition) is 6. The third kappa shape index (κ3) is 2.44. The van der Waals surface area contributed by atoms with Gasteiger partial charge in [0, 0.05) is 22.4 Å². The molecule has 3 rings (SSSR count). The maximum Gasteiger partial charge on any atom is 0.334 e. The molecule has 0 aromatic carbocycles. The molecule has 0 unspecified atom stereocenters. The summed E-state index contributed by atoms with van der Waals surface area (Å²) in [5.74, 6) is -1.56. The van der Waals surface area contributed by atoms with Crippen LogP contribution in [0.1, 0.15) is 19.5 Å². The standard InChI is InChI=1S/C14H13N3O3S2/c1-8(2)17-13(19)12(18)16(14(17)20)5-10-7-22-11(15-10)9-3-4-21-6-9/h3-4,6-8H,5H2,1-2H3. The minimum Gasteiger partial charge on any atom is -0.263 e. The fraction of sp³-hybridized carbons (Fsp3) is 0.286. The second kappa shape index (κ2) is 5.62. The van der Waals surface area contributed by atoms with E-state index in [0.717, 1.165) is 20.4 Å². The fourth-order valence-electron chi connectivity index (χ4n) is 2.18. The first-order valence-electron chi connectivity index (χ1n) is 6.65. The Morgan fingerprint density at radius 1 is 1.18 bits per heavy atom. The van der Waals surface area contributed by atoms with Gasteiger partial charge in [-0.1, -0.05) is 0 Å². The molecule has 1 fully saturated rings. The number of carbonyl (C=O) groups is 3. The molecule has 0 radical (unpaired) electrons. The molecule has 1 aliphatic heterocycles. The summed E-state index contributed by atoms with van der Waals surface area (Å²) in [5, 5.41) is 6.58. The van der Waals surface area contributed by atoms with Crippen molar-refractivity contribution < 1.29 is 14.4 Å². The summed E-state index contributed by atoms with van der Waals surface area (Å²) in [6.45, 7) is 3.42. The summed E-state index contributed by atoms with van der Waals surface area (Å²) < 4.78 is 0. The van der Waals surface area contributed by atoms with Gasteiger partial charge in [-0.25, -0.2) is 14.7 Å². The highest BCUT2D eigenvalue weighted by Gasteiger charge is 2.45. The predicted molar refractivity (Wildman–Crippen MR) is 83.4 cm³/mol. The molecule has 0 bridgehead atoms. The van der Waals surface area contributed by atoms with Gasteiger partial charge < -0.3 is 0 Å². The molecule has 3 heterocycles. The van der Waals surface area contributed by atoms with Gasteiger partial charge in [0.15, 0.2) is 0 Å². The lowest BCUT2D eigenvalue weighted by Gasteiger charge is -2.17. The second-order valence-corrected chi connectivity index (χ2v) is 6.74. The van der Waals surface area contributed by atoms with Crippen LogP contribution in [-0.2, 0) is 16.1 Å². The average molecular weight is 335 g/mol. The van der Waals surface area contributed by atoms with Crippen LogP contribution in [0.3, 0.4) is 0 Å². The van der Waals surface area contributed by atoms with Crippen molar-refractivity contribution in [3.05, 3.63) is 27.9 Å². The topological polar surface area (TPSA) is 70.6 Å². The van der Waals surface area contributed by atoms with Crippen molar-refractivity contribution in [1.29, 1.82) is 0 Å².